The maximum Gasteiger partial charge on any atom is 0.0950 e. The zero-order chi connectivity index (χ0) is 9.26. The summed E-state index contributed by atoms with van der Waals surface area (Å²) >= 11 is 0. The summed E-state index contributed by atoms with van der Waals surface area (Å²) in [6.07, 6.45) is 2.37. The first kappa shape index (κ1) is 9.44. The summed E-state index contributed by atoms with van der Waals surface area (Å²) in [7, 11) is 0. The maximum atomic E-state index is 9.57. The molecule has 0 aromatic heterocycles. The van der Waals surface area contributed by atoms with Crippen molar-refractivity contribution in [3.8, 4) is 0 Å². The van der Waals surface area contributed by atoms with Crippen LogP contribution in [-0.2, 0) is 4.74 Å². The lowest BCUT2D eigenvalue weighted by Crippen LogP contribution is -2.55. The van der Waals surface area contributed by atoms with Crippen LogP contribution < -0.4 is 0 Å². The number of ether oxygens (including phenoxy) is 1. The Morgan fingerprint density at radius 3 is 2.69 bits per heavy atom. The van der Waals surface area contributed by atoms with E-state index in [1.54, 1.807) is 0 Å². The molecule has 2 aliphatic heterocycles. The summed E-state index contributed by atoms with van der Waals surface area (Å²) in [4.78, 5) is 2.36. The van der Waals surface area contributed by atoms with Gasteiger partial charge in [0.15, 0.2) is 0 Å². The van der Waals surface area contributed by atoms with Crippen molar-refractivity contribution in [2.45, 2.75) is 31.9 Å². The Bertz CT molecular complexity index is 168. The fourth-order valence-corrected chi connectivity index (χ4v) is 2.35. The molecule has 3 nitrogen and oxygen atoms in total. The Morgan fingerprint density at radius 1 is 1.38 bits per heavy atom. The third kappa shape index (κ3) is 1.87. The smallest absolute Gasteiger partial charge is 0.0950 e. The van der Waals surface area contributed by atoms with E-state index >= 15 is 0 Å². The van der Waals surface area contributed by atoms with Gasteiger partial charge in [-0.1, -0.05) is 13.3 Å². The molecule has 2 aliphatic rings. The van der Waals surface area contributed by atoms with Crippen molar-refractivity contribution in [1.29, 1.82) is 0 Å². The summed E-state index contributed by atoms with van der Waals surface area (Å²) < 4.78 is 5.23. The first-order chi connectivity index (χ1) is 6.31. The van der Waals surface area contributed by atoms with Crippen molar-refractivity contribution in [3.05, 3.63) is 0 Å². The minimum absolute atomic E-state index is 0.248. The fraction of sp³-hybridized carbons (Fsp3) is 1.00. The van der Waals surface area contributed by atoms with Gasteiger partial charge < -0.3 is 9.84 Å². The number of rotatable bonds is 3. The monoisotopic (exact) mass is 185 g/mol. The van der Waals surface area contributed by atoms with Crippen molar-refractivity contribution < 1.29 is 9.84 Å². The zero-order valence-electron chi connectivity index (χ0n) is 8.28. The number of hydrogen-bond acceptors (Lipinski definition) is 3. The van der Waals surface area contributed by atoms with Gasteiger partial charge in [0.2, 0.25) is 0 Å². The van der Waals surface area contributed by atoms with Crippen molar-refractivity contribution in [1.82, 2.24) is 4.90 Å². The third-order valence-electron chi connectivity index (χ3n) is 3.17. The standard InChI is InChI=1S/C10H19NO2/c1-2-3-8-4-11(5-8)9-6-13-7-10(9)12/h8-10,12H,2-7H2,1H3. The van der Waals surface area contributed by atoms with E-state index in [1.165, 1.54) is 25.9 Å². The van der Waals surface area contributed by atoms with Crippen molar-refractivity contribution in [2.24, 2.45) is 5.92 Å². The Kier molecular flexibility index (Phi) is 2.86. The van der Waals surface area contributed by atoms with Crippen molar-refractivity contribution in [3.63, 3.8) is 0 Å². The van der Waals surface area contributed by atoms with Gasteiger partial charge in [0.05, 0.1) is 25.4 Å². The lowest BCUT2D eigenvalue weighted by Gasteiger charge is -2.43. The zero-order valence-corrected chi connectivity index (χ0v) is 8.28. The largest absolute Gasteiger partial charge is 0.389 e. The van der Waals surface area contributed by atoms with Gasteiger partial charge in [0.1, 0.15) is 0 Å². The van der Waals surface area contributed by atoms with Gasteiger partial charge >= 0.3 is 0 Å². The van der Waals surface area contributed by atoms with Crippen LogP contribution in [0.3, 0.4) is 0 Å². The Hall–Kier alpha value is -0.120. The highest BCUT2D eigenvalue weighted by Gasteiger charge is 2.38. The van der Waals surface area contributed by atoms with Crippen LogP contribution >= 0.6 is 0 Å². The average Bonchev–Trinajstić information content (AvgIpc) is 2.43. The highest BCUT2D eigenvalue weighted by molar-refractivity contribution is 4.91. The number of likely N-dealkylation sites (tertiary alicyclic amines) is 1. The summed E-state index contributed by atoms with van der Waals surface area (Å²) in [5, 5.41) is 9.57. The lowest BCUT2D eigenvalue weighted by atomic mass is 9.92. The molecule has 0 spiro atoms. The molecule has 1 N–H and O–H groups in total. The molecule has 13 heavy (non-hydrogen) atoms. The Balaban J connectivity index is 1.73. The molecule has 2 rings (SSSR count). The van der Waals surface area contributed by atoms with Gasteiger partial charge in [-0.2, -0.15) is 0 Å². The molecule has 2 saturated heterocycles. The minimum Gasteiger partial charge on any atom is -0.389 e. The van der Waals surface area contributed by atoms with E-state index in [4.69, 9.17) is 4.74 Å². The minimum atomic E-state index is -0.248. The van der Waals surface area contributed by atoms with E-state index in [0.29, 0.717) is 6.61 Å². The molecule has 2 atom stereocenters. The number of hydrogen-bond donors (Lipinski definition) is 1. The first-order valence-corrected chi connectivity index (χ1v) is 5.31. The topological polar surface area (TPSA) is 32.7 Å². The molecule has 2 unspecified atom stereocenters. The molecule has 3 heteroatoms. The first-order valence-electron chi connectivity index (χ1n) is 5.31. The van der Waals surface area contributed by atoms with Crippen LogP contribution in [0.2, 0.25) is 0 Å². The van der Waals surface area contributed by atoms with Gasteiger partial charge in [0.25, 0.3) is 0 Å². The van der Waals surface area contributed by atoms with Crippen LogP contribution in [0.1, 0.15) is 19.8 Å². The van der Waals surface area contributed by atoms with E-state index in [2.05, 4.69) is 11.8 Å². The van der Waals surface area contributed by atoms with Crippen LogP contribution in [0.25, 0.3) is 0 Å². The normalized spacial score (nSPS) is 36.5. The molecule has 0 aromatic rings. The molecule has 76 valence electrons. The van der Waals surface area contributed by atoms with Gasteiger partial charge in [-0.15, -0.1) is 0 Å². The molecule has 0 radical (unpaired) electrons. The molecular weight excluding hydrogens is 166 g/mol. The second kappa shape index (κ2) is 3.95. The highest BCUT2D eigenvalue weighted by Crippen LogP contribution is 2.26. The average molecular weight is 185 g/mol. The predicted octanol–water partition coefficient (Wildman–Crippen LogP) is 0.478. The summed E-state index contributed by atoms with van der Waals surface area (Å²) in [6, 6.07) is 0.285. The molecule has 0 aliphatic carbocycles. The predicted molar refractivity (Wildman–Crippen MR) is 50.6 cm³/mol. The van der Waals surface area contributed by atoms with E-state index in [1.807, 2.05) is 0 Å². The molecule has 0 bridgehead atoms. The van der Waals surface area contributed by atoms with E-state index in [-0.39, 0.29) is 12.1 Å². The van der Waals surface area contributed by atoms with Crippen LogP contribution in [-0.4, -0.2) is 48.5 Å². The molecule has 0 aromatic carbocycles. The summed E-state index contributed by atoms with van der Waals surface area (Å²) in [5.74, 6) is 0.873. The van der Waals surface area contributed by atoms with Gasteiger partial charge in [0, 0.05) is 13.1 Å². The highest BCUT2D eigenvalue weighted by atomic mass is 16.5. The van der Waals surface area contributed by atoms with E-state index in [9.17, 15) is 5.11 Å². The second-order valence-electron chi connectivity index (χ2n) is 4.28. The Morgan fingerprint density at radius 2 is 2.15 bits per heavy atom. The third-order valence-corrected chi connectivity index (χ3v) is 3.17. The quantitative estimate of drug-likeness (QED) is 0.694. The molecule has 0 saturated carbocycles. The Labute approximate surface area is 79.7 Å². The van der Waals surface area contributed by atoms with Crippen LogP contribution in [0.5, 0.6) is 0 Å². The summed E-state index contributed by atoms with van der Waals surface area (Å²) in [5.41, 5.74) is 0. The number of aliphatic hydroxyl groups is 1. The molecular formula is C10H19NO2. The van der Waals surface area contributed by atoms with Gasteiger partial charge in [-0.25, -0.2) is 0 Å². The number of nitrogens with zero attached hydrogens (tertiary/aromatic N) is 1. The summed E-state index contributed by atoms with van der Waals surface area (Å²) in [6.45, 7) is 5.81. The maximum absolute atomic E-state index is 9.57. The van der Waals surface area contributed by atoms with Crippen molar-refractivity contribution in [2.75, 3.05) is 26.3 Å². The van der Waals surface area contributed by atoms with Crippen LogP contribution in [0.4, 0.5) is 0 Å². The van der Waals surface area contributed by atoms with Gasteiger partial charge in [-0.3, -0.25) is 4.90 Å². The van der Waals surface area contributed by atoms with Gasteiger partial charge in [-0.05, 0) is 12.3 Å². The molecule has 0 amide bonds. The number of aliphatic hydroxyl groups excluding tert-OH is 1. The van der Waals surface area contributed by atoms with Crippen LogP contribution in [0, 0.1) is 5.92 Å². The second-order valence-corrected chi connectivity index (χ2v) is 4.28. The van der Waals surface area contributed by atoms with E-state index < -0.39 is 0 Å². The molecule has 2 heterocycles. The SMILES string of the molecule is CCCC1CN(C2COCC2O)C1. The van der Waals surface area contributed by atoms with Crippen molar-refractivity contribution >= 4 is 0 Å². The fourth-order valence-electron chi connectivity index (χ4n) is 2.35. The lowest BCUT2D eigenvalue weighted by molar-refractivity contribution is 0.00333. The van der Waals surface area contributed by atoms with E-state index in [0.717, 1.165) is 12.5 Å². The molecule has 2 fully saturated rings. The van der Waals surface area contributed by atoms with Crippen LogP contribution in [0.15, 0.2) is 0 Å².